The number of rotatable bonds is 11. The first-order valence-electron chi connectivity index (χ1n) is 11.5. The van der Waals surface area contributed by atoms with Crippen LogP contribution < -0.4 is 10.6 Å². The van der Waals surface area contributed by atoms with Crippen molar-refractivity contribution in [1.29, 1.82) is 0 Å². The van der Waals surface area contributed by atoms with Gasteiger partial charge in [-0.3, -0.25) is 24.0 Å². The zero-order valence-electron chi connectivity index (χ0n) is 20.6. The number of esters is 1. The molecule has 1 rings (SSSR count). The monoisotopic (exact) mass is 452 g/mol. The van der Waals surface area contributed by atoms with Gasteiger partial charge in [-0.15, -0.1) is 0 Å². The molecule has 2 amide bonds. The maximum absolute atomic E-state index is 13.0. The van der Waals surface area contributed by atoms with E-state index >= 15 is 0 Å². The van der Waals surface area contributed by atoms with Crippen LogP contribution in [0.1, 0.15) is 74.1 Å². The number of amides is 2. The Labute approximate surface area is 191 Å². The second-order valence-corrected chi connectivity index (χ2v) is 10.7. The van der Waals surface area contributed by atoms with E-state index in [1.165, 1.54) is 0 Å². The molecule has 0 aliphatic carbocycles. The first-order chi connectivity index (χ1) is 14.7. The fourth-order valence-electron chi connectivity index (χ4n) is 3.53. The number of nitrogens with one attached hydrogen (secondary N) is 2. The van der Waals surface area contributed by atoms with E-state index < -0.39 is 35.5 Å². The minimum atomic E-state index is -0.771. The predicted molar refractivity (Wildman–Crippen MR) is 120 cm³/mol. The molecule has 0 radical (unpaired) electrons. The molecule has 1 saturated heterocycles. The van der Waals surface area contributed by atoms with Crippen molar-refractivity contribution < 1.29 is 28.7 Å². The molecule has 0 spiro atoms. The van der Waals surface area contributed by atoms with Crippen LogP contribution in [0.2, 0.25) is 0 Å². The van der Waals surface area contributed by atoms with Gasteiger partial charge in [-0.25, -0.2) is 0 Å². The van der Waals surface area contributed by atoms with E-state index in [2.05, 4.69) is 10.6 Å². The molecule has 8 nitrogen and oxygen atoms in total. The average Bonchev–Trinajstić information content (AvgIpc) is 2.66. The van der Waals surface area contributed by atoms with E-state index in [1.54, 1.807) is 0 Å². The molecule has 182 valence electrons. The standard InChI is InChI=1S/C24H40N2O6/c1-14(2)10-18(19(27)11-16-8-9-25-23(31)21(16)29)26-22(30)17(15(3)4)12-20(28)32-13-24(5,6)7/h14-18H,8-13H2,1-7H3,(H,25,31)(H,26,30). The Hall–Kier alpha value is -2.25. The van der Waals surface area contributed by atoms with Crippen LogP contribution in [-0.2, 0) is 28.7 Å². The van der Waals surface area contributed by atoms with Crippen LogP contribution in [0.25, 0.3) is 0 Å². The highest BCUT2D eigenvalue weighted by Gasteiger charge is 2.35. The van der Waals surface area contributed by atoms with Gasteiger partial charge in [-0.05, 0) is 30.1 Å². The lowest BCUT2D eigenvalue weighted by molar-refractivity contribution is -0.150. The molecule has 32 heavy (non-hydrogen) atoms. The molecule has 8 heteroatoms. The number of ketones is 2. The number of hydrogen-bond acceptors (Lipinski definition) is 6. The van der Waals surface area contributed by atoms with E-state index in [0.29, 0.717) is 19.4 Å². The summed E-state index contributed by atoms with van der Waals surface area (Å²) in [6.45, 7) is 14.1. The molecule has 1 aliphatic heterocycles. The largest absolute Gasteiger partial charge is 0.465 e. The van der Waals surface area contributed by atoms with Crippen molar-refractivity contribution in [3.05, 3.63) is 0 Å². The minimum absolute atomic E-state index is 0.0660. The summed E-state index contributed by atoms with van der Waals surface area (Å²) >= 11 is 0. The highest BCUT2D eigenvalue weighted by atomic mass is 16.5. The normalized spacial score (nSPS) is 18.8. The Kier molecular flexibility index (Phi) is 10.5. The van der Waals surface area contributed by atoms with E-state index in [4.69, 9.17) is 4.74 Å². The van der Waals surface area contributed by atoms with Crippen molar-refractivity contribution in [2.24, 2.45) is 29.1 Å². The van der Waals surface area contributed by atoms with Gasteiger partial charge in [-0.2, -0.15) is 0 Å². The summed E-state index contributed by atoms with van der Waals surface area (Å²) in [5.41, 5.74) is -0.173. The molecule has 3 unspecified atom stereocenters. The van der Waals surface area contributed by atoms with E-state index in [0.717, 1.165) is 0 Å². The van der Waals surface area contributed by atoms with Crippen LogP contribution in [0.15, 0.2) is 0 Å². The summed E-state index contributed by atoms with van der Waals surface area (Å²) in [7, 11) is 0. The average molecular weight is 453 g/mol. The number of hydrogen-bond donors (Lipinski definition) is 2. The molecule has 0 saturated carbocycles. The van der Waals surface area contributed by atoms with Crippen molar-refractivity contribution in [1.82, 2.24) is 10.6 Å². The number of piperidine rings is 1. The van der Waals surface area contributed by atoms with Crippen molar-refractivity contribution >= 4 is 29.4 Å². The van der Waals surface area contributed by atoms with Gasteiger partial charge in [0.05, 0.1) is 25.0 Å². The first-order valence-corrected chi connectivity index (χ1v) is 11.5. The number of carbonyl (C=O) groups excluding carboxylic acids is 5. The smallest absolute Gasteiger partial charge is 0.306 e. The summed E-state index contributed by atoms with van der Waals surface area (Å²) < 4.78 is 5.32. The molecule has 0 aromatic heterocycles. The molecular formula is C24H40N2O6. The molecule has 1 heterocycles. The third-order valence-electron chi connectivity index (χ3n) is 5.43. The highest BCUT2D eigenvalue weighted by molar-refractivity contribution is 6.37. The second kappa shape index (κ2) is 12.1. The maximum atomic E-state index is 13.0. The third-order valence-corrected chi connectivity index (χ3v) is 5.43. The van der Waals surface area contributed by atoms with E-state index in [-0.39, 0.29) is 48.4 Å². The Morgan fingerprint density at radius 2 is 1.75 bits per heavy atom. The molecular weight excluding hydrogens is 412 g/mol. The molecule has 1 aliphatic rings. The highest BCUT2D eigenvalue weighted by Crippen LogP contribution is 2.21. The summed E-state index contributed by atoms with van der Waals surface area (Å²) in [5.74, 6) is -3.62. The van der Waals surface area contributed by atoms with Crippen LogP contribution in [0.3, 0.4) is 0 Å². The van der Waals surface area contributed by atoms with Crippen LogP contribution in [0.4, 0.5) is 0 Å². The third kappa shape index (κ3) is 9.49. The SMILES string of the molecule is CC(C)CC(NC(=O)C(CC(=O)OCC(C)(C)C)C(C)C)C(=O)CC1CCNC(=O)C1=O. The maximum Gasteiger partial charge on any atom is 0.306 e. The van der Waals surface area contributed by atoms with Crippen LogP contribution in [0, 0.1) is 29.1 Å². The zero-order valence-corrected chi connectivity index (χ0v) is 20.6. The quantitative estimate of drug-likeness (QED) is 0.367. The number of ether oxygens (including phenoxy) is 1. The first kappa shape index (κ1) is 27.8. The van der Waals surface area contributed by atoms with Gasteiger partial charge >= 0.3 is 5.97 Å². The lowest BCUT2D eigenvalue weighted by Crippen LogP contribution is -2.48. The van der Waals surface area contributed by atoms with Gasteiger partial charge in [0, 0.05) is 18.9 Å². The second-order valence-electron chi connectivity index (χ2n) is 10.7. The van der Waals surface area contributed by atoms with Gasteiger partial charge < -0.3 is 15.4 Å². The number of carbonyl (C=O) groups is 5. The van der Waals surface area contributed by atoms with Gasteiger partial charge in [0.1, 0.15) is 0 Å². The molecule has 0 aromatic carbocycles. The summed E-state index contributed by atoms with van der Waals surface area (Å²) in [6.07, 6.45) is 0.678. The molecule has 1 fully saturated rings. The van der Waals surface area contributed by atoms with Crippen LogP contribution in [0.5, 0.6) is 0 Å². The lowest BCUT2D eigenvalue weighted by atomic mass is 9.86. The predicted octanol–water partition coefficient (Wildman–Crippen LogP) is 2.43. The molecule has 0 bridgehead atoms. The summed E-state index contributed by atoms with van der Waals surface area (Å²) in [5, 5.41) is 5.30. The Morgan fingerprint density at radius 1 is 1.12 bits per heavy atom. The summed E-state index contributed by atoms with van der Waals surface area (Å²) in [6, 6.07) is -0.771. The number of Topliss-reactive ketones (excluding diaryl/α,β-unsaturated/α-hetero) is 2. The zero-order chi connectivity index (χ0) is 24.6. The van der Waals surface area contributed by atoms with Crippen molar-refractivity contribution in [2.45, 2.75) is 80.2 Å². The molecule has 3 atom stereocenters. The van der Waals surface area contributed by atoms with Gasteiger partial charge in [0.25, 0.3) is 5.91 Å². The van der Waals surface area contributed by atoms with E-state index in [1.807, 2.05) is 48.5 Å². The Morgan fingerprint density at radius 3 is 2.28 bits per heavy atom. The van der Waals surface area contributed by atoms with Gasteiger partial charge in [0.15, 0.2) is 5.78 Å². The van der Waals surface area contributed by atoms with Crippen molar-refractivity contribution in [2.75, 3.05) is 13.2 Å². The fraction of sp³-hybridized carbons (Fsp3) is 0.792. The van der Waals surface area contributed by atoms with Crippen molar-refractivity contribution in [3.63, 3.8) is 0 Å². The Balaban J connectivity index is 2.84. The fourth-order valence-corrected chi connectivity index (χ4v) is 3.53. The van der Waals surface area contributed by atoms with Crippen molar-refractivity contribution in [3.8, 4) is 0 Å². The lowest BCUT2D eigenvalue weighted by Gasteiger charge is -2.27. The molecule has 0 aromatic rings. The topological polar surface area (TPSA) is 119 Å². The summed E-state index contributed by atoms with van der Waals surface area (Å²) in [4.78, 5) is 62.0. The Bertz CT molecular complexity index is 708. The minimum Gasteiger partial charge on any atom is -0.465 e. The molecule has 2 N–H and O–H groups in total. The van der Waals surface area contributed by atoms with Gasteiger partial charge in [0.2, 0.25) is 11.7 Å². The van der Waals surface area contributed by atoms with Crippen LogP contribution >= 0.6 is 0 Å². The van der Waals surface area contributed by atoms with E-state index in [9.17, 15) is 24.0 Å². The van der Waals surface area contributed by atoms with Gasteiger partial charge in [-0.1, -0.05) is 48.5 Å². The van der Waals surface area contributed by atoms with Crippen LogP contribution in [-0.4, -0.2) is 48.5 Å².